The molecule has 0 saturated heterocycles. The van der Waals surface area contributed by atoms with Gasteiger partial charge in [0.05, 0.1) is 11.5 Å². The number of benzene rings is 2. The minimum atomic E-state index is -0.483. The number of anilines is 1. The van der Waals surface area contributed by atoms with Crippen LogP contribution in [0.3, 0.4) is 0 Å². The van der Waals surface area contributed by atoms with E-state index in [1.165, 1.54) is 12.1 Å². The first-order valence-corrected chi connectivity index (χ1v) is 6.92. The van der Waals surface area contributed by atoms with Crippen LogP contribution in [0, 0.1) is 10.1 Å². The summed E-state index contributed by atoms with van der Waals surface area (Å²) < 4.78 is 0. The first kappa shape index (κ1) is 15.8. The van der Waals surface area contributed by atoms with E-state index < -0.39 is 4.92 Å². The molecule has 0 heterocycles. The van der Waals surface area contributed by atoms with Crippen molar-refractivity contribution in [1.29, 1.82) is 0 Å². The van der Waals surface area contributed by atoms with Gasteiger partial charge in [0.25, 0.3) is 5.69 Å². The summed E-state index contributed by atoms with van der Waals surface area (Å²) in [4.78, 5) is 22.0. The molecule has 2 N–H and O–H groups in total. The molecule has 0 spiro atoms. The van der Waals surface area contributed by atoms with E-state index in [0.29, 0.717) is 17.3 Å². The summed E-state index contributed by atoms with van der Waals surface area (Å²) in [6.45, 7) is 0.348. The van der Waals surface area contributed by atoms with Crippen molar-refractivity contribution in [3.8, 4) is 0 Å². The summed E-state index contributed by atoms with van der Waals surface area (Å²) >= 11 is 6.00. The Hall–Kier alpha value is -2.60. The minimum absolute atomic E-state index is 0.0195. The van der Waals surface area contributed by atoms with Gasteiger partial charge in [0, 0.05) is 29.4 Å². The van der Waals surface area contributed by atoms with Crippen LogP contribution >= 0.6 is 11.6 Å². The lowest BCUT2D eigenvalue weighted by Crippen LogP contribution is -2.29. The van der Waals surface area contributed by atoms with E-state index >= 15 is 0 Å². The number of nitrogens with one attached hydrogen (secondary N) is 2. The largest absolute Gasteiger partial charge is 0.376 e. The molecule has 0 aliphatic rings. The Bertz CT molecular complexity index is 691. The normalized spacial score (nSPS) is 10.0. The highest BCUT2D eigenvalue weighted by atomic mass is 35.5. The molecule has 2 aromatic rings. The zero-order valence-electron chi connectivity index (χ0n) is 11.6. The number of hydrogen-bond acceptors (Lipinski definition) is 4. The molecule has 6 nitrogen and oxygen atoms in total. The summed E-state index contributed by atoms with van der Waals surface area (Å²) in [6, 6.07) is 13.2. The maximum Gasteiger partial charge on any atom is 0.271 e. The Morgan fingerprint density at radius 1 is 1.18 bits per heavy atom. The maximum absolute atomic E-state index is 11.8. The molecule has 0 fully saturated rings. The van der Waals surface area contributed by atoms with Gasteiger partial charge >= 0.3 is 0 Å². The van der Waals surface area contributed by atoms with Gasteiger partial charge in [-0.2, -0.15) is 0 Å². The van der Waals surface area contributed by atoms with E-state index in [4.69, 9.17) is 11.6 Å². The van der Waals surface area contributed by atoms with Crippen LogP contribution in [0.15, 0.2) is 48.5 Å². The third kappa shape index (κ3) is 4.46. The third-order valence-electron chi connectivity index (χ3n) is 2.94. The van der Waals surface area contributed by atoms with Crippen molar-refractivity contribution in [2.45, 2.75) is 6.54 Å². The van der Waals surface area contributed by atoms with Crippen molar-refractivity contribution >= 4 is 28.9 Å². The number of halogens is 1. The Morgan fingerprint density at radius 2 is 1.95 bits per heavy atom. The number of rotatable bonds is 6. The predicted octanol–water partition coefficient (Wildman–Crippen LogP) is 2.98. The van der Waals surface area contributed by atoms with Crippen LogP contribution in [0.4, 0.5) is 11.4 Å². The summed E-state index contributed by atoms with van der Waals surface area (Å²) in [7, 11) is 0. The summed E-state index contributed by atoms with van der Waals surface area (Å²) in [5.74, 6) is -0.230. The number of nitro groups is 1. The maximum atomic E-state index is 11.8. The second-order valence-electron chi connectivity index (χ2n) is 4.53. The molecular formula is C15H14ClN3O3. The van der Waals surface area contributed by atoms with E-state index in [1.807, 2.05) is 18.2 Å². The molecule has 22 heavy (non-hydrogen) atoms. The lowest BCUT2D eigenvalue weighted by atomic mass is 10.2. The van der Waals surface area contributed by atoms with Crippen LogP contribution in [0.1, 0.15) is 5.56 Å². The van der Waals surface area contributed by atoms with Crippen LogP contribution in [0.2, 0.25) is 5.02 Å². The predicted molar refractivity (Wildman–Crippen MR) is 84.9 cm³/mol. The first-order valence-electron chi connectivity index (χ1n) is 6.54. The van der Waals surface area contributed by atoms with Crippen molar-refractivity contribution in [1.82, 2.24) is 5.32 Å². The summed E-state index contributed by atoms with van der Waals surface area (Å²) in [5.41, 5.74) is 1.32. The highest BCUT2D eigenvalue weighted by molar-refractivity contribution is 6.31. The molecule has 0 aliphatic carbocycles. The fourth-order valence-electron chi connectivity index (χ4n) is 1.81. The molecule has 0 bridgehead atoms. The summed E-state index contributed by atoms with van der Waals surface area (Å²) in [6.07, 6.45) is 0. The van der Waals surface area contributed by atoms with Crippen LogP contribution < -0.4 is 10.6 Å². The minimum Gasteiger partial charge on any atom is -0.376 e. The van der Waals surface area contributed by atoms with E-state index in [0.717, 1.165) is 5.56 Å². The number of amides is 1. The highest BCUT2D eigenvalue weighted by Crippen LogP contribution is 2.17. The van der Waals surface area contributed by atoms with E-state index in [-0.39, 0.29) is 18.1 Å². The van der Waals surface area contributed by atoms with Crippen molar-refractivity contribution in [2.24, 2.45) is 0 Å². The standard InChI is InChI=1S/C15H14ClN3O3/c16-14-7-2-1-4-11(14)9-18-15(20)10-17-12-5-3-6-13(8-12)19(21)22/h1-8,17H,9-10H2,(H,18,20). The first-order chi connectivity index (χ1) is 10.6. The molecule has 2 rings (SSSR count). The highest BCUT2D eigenvalue weighted by Gasteiger charge is 2.07. The van der Waals surface area contributed by atoms with Gasteiger partial charge in [-0.1, -0.05) is 35.9 Å². The van der Waals surface area contributed by atoms with Gasteiger partial charge in [0.2, 0.25) is 5.91 Å². The topological polar surface area (TPSA) is 84.3 Å². The van der Waals surface area contributed by atoms with E-state index in [2.05, 4.69) is 10.6 Å². The average Bonchev–Trinajstić information content (AvgIpc) is 2.52. The van der Waals surface area contributed by atoms with E-state index in [9.17, 15) is 14.9 Å². The number of hydrogen-bond donors (Lipinski definition) is 2. The molecule has 114 valence electrons. The number of carbonyl (C=O) groups is 1. The van der Waals surface area contributed by atoms with Crippen molar-refractivity contribution < 1.29 is 9.72 Å². The zero-order chi connectivity index (χ0) is 15.9. The molecule has 0 aliphatic heterocycles. The second-order valence-corrected chi connectivity index (χ2v) is 4.94. The molecule has 2 aromatic carbocycles. The van der Waals surface area contributed by atoms with Gasteiger partial charge in [0.15, 0.2) is 0 Å². The lowest BCUT2D eigenvalue weighted by molar-refractivity contribution is -0.384. The fourth-order valence-corrected chi connectivity index (χ4v) is 2.01. The smallest absolute Gasteiger partial charge is 0.271 e. The monoisotopic (exact) mass is 319 g/mol. The molecule has 0 unspecified atom stereocenters. The number of non-ortho nitro benzene ring substituents is 1. The van der Waals surface area contributed by atoms with Crippen LogP contribution in [0.25, 0.3) is 0 Å². The summed E-state index contributed by atoms with van der Waals surface area (Å²) in [5, 5.41) is 16.8. The van der Waals surface area contributed by atoms with Crippen molar-refractivity contribution in [2.75, 3.05) is 11.9 Å². The Balaban J connectivity index is 1.84. The van der Waals surface area contributed by atoms with Crippen LogP contribution in [0.5, 0.6) is 0 Å². The molecule has 0 aromatic heterocycles. The molecule has 0 saturated carbocycles. The van der Waals surface area contributed by atoms with Gasteiger partial charge in [0.1, 0.15) is 0 Å². The van der Waals surface area contributed by atoms with Gasteiger partial charge in [-0.05, 0) is 17.7 Å². The molecule has 0 atom stereocenters. The Morgan fingerprint density at radius 3 is 2.68 bits per heavy atom. The zero-order valence-corrected chi connectivity index (χ0v) is 12.3. The molecule has 7 heteroatoms. The van der Waals surface area contributed by atoms with Gasteiger partial charge in [-0.3, -0.25) is 14.9 Å². The number of nitrogens with zero attached hydrogens (tertiary/aromatic N) is 1. The lowest BCUT2D eigenvalue weighted by Gasteiger charge is -2.08. The molecule has 0 radical (unpaired) electrons. The van der Waals surface area contributed by atoms with Gasteiger partial charge in [-0.15, -0.1) is 0 Å². The third-order valence-corrected chi connectivity index (χ3v) is 3.31. The van der Waals surface area contributed by atoms with Gasteiger partial charge in [-0.25, -0.2) is 0 Å². The van der Waals surface area contributed by atoms with Crippen molar-refractivity contribution in [3.63, 3.8) is 0 Å². The average molecular weight is 320 g/mol. The van der Waals surface area contributed by atoms with Crippen LogP contribution in [-0.4, -0.2) is 17.4 Å². The molecular weight excluding hydrogens is 306 g/mol. The quantitative estimate of drug-likeness (QED) is 0.633. The SMILES string of the molecule is O=C(CNc1cccc([N+](=O)[O-])c1)NCc1ccccc1Cl. The van der Waals surface area contributed by atoms with Crippen LogP contribution in [-0.2, 0) is 11.3 Å². The van der Waals surface area contributed by atoms with Gasteiger partial charge < -0.3 is 10.6 Å². The molecule has 1 amide bonds. The second kappa shape index (κ2) is 7.42. The Kier molecular flexibility index (Phi) is 5.32. The Labute approximate surface area is 132 Å². The number of carbonyl (C=O) groups excluding carboxylic acids is 1. The fraction of sp³-hybridized carbons (Fsp3) is 0.133. The van der Waals surface area contributed by atoms with E-state index in [1.54, 1.807) is 18.2 Å². The number of nitro benzene ring substituents is 1. The van der Waals surface area contributed by atoms with Crippen molar-refractivity contribution in [3.05, 3.63) is 69.2 Å².